The fourth-order valence-corrected chi connectivity index (χ4v) is 6.32. The maximum atomic E-state index is 13.6. The lowest BCUT2D eigenvalue weighted by molar-refractivity contribution is -0.188. The quantitative estimate of drug-likeness (QED) is 0.498. The lowest BCUT2D eigenvalue weighted by Gasteiger charge is -2.55. The number of thioether (sulfide) groups is 2. The van der Waals surface area contributed by atoms with Crippen LogP contribution in [0.1, 0.15) is 24.8 Å². The van der Waals surface area contributed by atoms with Crippen LogP contribution in [0.4, 0.5) is 4.79 Å². The molecule has 2 atom stereocenters. The average molecular weight is 528 g/mol. The second kappa shape index (κ2) is 12.6. The molecule has 0 saturated carbocycles. The molecule has 36 heavy (non-hydrogen) atoms. The number of terminal acetylenes is 1. The van der Waals surface area contributed by atoms with Gasteiger partial charge < -0.3 is 15.1 Å². The second-order valence-electron chi connectivity index (χ2n) is 8.94. The zero-order valence-corrected chi connectivity index (χ0v) is 22.2. The Morgan fingerprint density at radius 2 is 2.08 bits per heavy atom. The van der Waals surface area contributed by atoms with Gasteiger partial charge in [-0.25, -0.2) is 9.80 Å². The number of hydrogen-bond donors (Lipinski definition) is 1. The van der Waals surface area contributed by atoms with Crippen molar-refractivity contribution < 1.29 is 14.4 Å². The van der Waals surface area contributed by atoms with Crippen LogP contribution in [0.2, 0.25) is 0 Å². The summed E-state index contributed by atoms with van der Waals surface area (Å²) in [6.07, 6.45) is 11.6. The summed E-state index contributed by atoms with van der Waals surface area (Å²) in [7, 11) is 0. The number of amides is 4. The highest BCUT2D eigenvalue weighted by Gasteiger charge is 2.51. The number of carbonyl (C=O) groups excluding carboxylic acids is 3. The molecule has 2 saturated heterocycles. The van der Waals surface area contributed by atoms with Crippen molar-refractivity contribution >= 4 is 41.4 Å². The van der Waals surface area contributed by atoms with E-state index in [2.05, 4.69) is 17.3 Å². The Balaban J connectivity index is 1.59. The van der Waals surface area contributed by atoms with Gasteiger partial charge in [0.15, 0.2) is 0 Å². The molecular weight excluding hydrogens is 494 g/mol. The first-order valence-corrected chi connectivity index (χ1v) is 14.6. The Morgan fingerprint density at radius 3 is 2.78 bits per heavy atom. The largest absolute Gasteiger partial charge is 0.337 e. The Hall–Kier alpha value is -2.61. The van der Waals surface area contributed by atoms with Gasteiger partial charge in [0.2, 0.25) is 11.8 Å². The van der Waals surface area contributed by atoms with Crippen molar-refractivity contribution in [3.8, 4) is 12.3 Å². The summed E-state index contributed by atoms with van der Waals surface area (Å²) in [6.45, 7) is 1.27. The molecule has 0 unspecified atom stereocenters. The van der Waals surface area contributed by atoms with Crippen LogP contribution < -0.4 is 5.32 Å². The summed E-state index contributed by atoms with van der Waals surface area (Å²) in [4.78, 5) is 45.2. The molecule has 3 aliphatic heterocycles. The Labute approximate surface area is 221 Å². The van der Waals surface area contributed by atoms with E-state index in [-0.39, 0.29) is 37.5 Å². The van der Waals surface area contributed by atoms with Gasteiger partial charge in [0, 0.05) is 18.8 Å². The molecule has 4 rings (SSSR count). The van der Waals surface area contributed by atoms with Gasteiger partial charge in [-0.3, -0.25) is 9.59 Å². The minimum Gasteiger partial charge on any atom is -0.337 e. The van der Waals surface area contributed by atoms with Crippen LogP contribution >= 0.6 is 23.5 Å². The zero-order valence-electron chi connectivity index (χ0n) is 20.6. The van der Waals surface area contributed by atoms with Crippen molar-refractivity contribution in [2.75, 3.05) is 43.9 Å². The summed E-state index contributed by atoms with van der Waals surface area (Å²) in [5, 5.41) is 6.18. The van der Waals surface area contributed by atoms with Gasteiger partial charge in [-0.05, 0) is 41.7 Å². The molecule has 2 fully saturated rings. The number of carbonyl (C=O) groups is 3. The zero-order chi connectivity index (χ0) is 25.5. The number of piperazine rings is 1. The van der Waals surface area contributed by atoms with E-state index >= 15 is 0 Å². The van der Waals surface area contributed by atoms with Crippen molar-refractivity contribution in [1.82, 2.24) is 25.1 Å². The van der Waals surface area contributed by atoms with E-state index in [0.717, 1.165) is 29.9 Å². The van der Waals surface area contributed by atoms with Gasteiger partial charge in [-0.2, -0.15) is 16.8 Å². The predicted molar refractivity (Wildman–Crippen MR) is 145 cm³/mol. The second-order valence-corrected chi connectivity index (χ2v) is 11.1. The maximum Gasteiger partial charge on any atom is 0.334 e. The number of allylic oxidation sites excluding steroid dienone is 1. The Bertz CT molecular complexity index is 1030. The van der Waals surface area contributed by atoms with Crippen LogP contribution in [0, 0.1) is 12.3 Å². The third-order valence-corrected chi connectivity index (χ3v) is 8.42. The highest BCUT2D eigenvalue weighted by molar-refractivity contribution is 8.03. The van der Waals surface area contributed by atoms with Crippen LogP contribution in [0.25, 0.3) is 0 Å². The minimum atomic E-state index is -0.606. The van der Waals surface area contributed by atoms with E-state index in [1.807, 2.05) is 53.2 Å². The maximum absolute atomic E-state index is 13.6. The highest BCUT2D eigenvalue weighted by atomic mass is 32.2. The fraction of sp³-hybridized carbons (Fsp3) is 0.500. The molecule has 3 heterocycles. The van der Waals surface area contributed by atoms with Gasteiger partial charge in [0.05, 0.1) is 19.6 Å². The number of hydrogen-bond acceptors (Lipinski definition) is 6. The summed E-state index contributed by atoms with van der Waals surface area (Å²) >= 11 is 3.48. The number of hydrazine groups is 1. The van der Waals surface area contributed by atoms with E-state index in [4.69, 9.17) is 6.42 Å². The Kier molecular flexibility index (Phi) is 9.24. The molecule has 3 aliphatic rings. The van der Waals surface area contributed by atoms with Crippen molar-refractivity contribution in [1.29, 1.82) is 0 Å². The molecule has 0 spiro atoms. The SMILES string of the molecule is C#CCN1CC(=O)N2[C@@H](CCSC)C(=O)N(CCC3=CCCS3)C[C@@H]2N1C(=O)NCc1ccccc1. The van der Waals surface area contributed by atoms with Crippen molar-refractivity contribution in [3.63, 3.8) is 0 Å². The molecule has 4 amide bonds. The van der Waals surface area contributed by atoms with E-state index in [0.29, 0.717) is 19.5 Å². The van der Waals surface area contributed by atoms with Crippen LogP contribution in [-0.2, 0) is 16.1 Å². The van der Waals surface area contributed by atoms with Gasteiger partial charge in [0.1, 0.15) is 12.2 Å². The summed E-state index contributed by atoms with van der Waals surface area (Å²) in [5.41, 5.74) is 0.972. The molecule has 8 nitrogen and oxygen atoms in total. The van der Waals surface area contributed by atoms with Crippen LogP contribution in [0.5, 0.6) is 0 Å². The van der Waals surface area contributed by atoms with Crippen molar-refractivity contribution in [3.05, 3.63) is 46.9 Å². The minimum absolute atomic E-state index is 0.0349. The number of urea groups is 1. The number of rotatable bonds is 9. The molecule has 1 N–H and O–H groups in total. The first kappa shape index (κ1) is 26.5. The summed E-state index contributed by atoms with van der Waals surface area (Å²) in [6, 6.07) is 8.74. The predicted octanol–water partition coefficient (Wildman–Crippen LogP) is 2.59. The average Bonchev–Trinajstić information content (AvgIpc) is 3.40. The first-order chi connectivity index (χ1) is 17.5. The van der Waals surface area contributed by atoms with Crippen molar-refractivity contribution in [2.24, 2.45) is 0 Å². The molecule has 192 valence electrons. The summed E-state index contributed by atoms with van der Waals surface area (Å²) in [5.74, 6) is 4.20. The number of nitrogens with one attached hydrogen (secondary N) is 1. The lowest BCUT2D eigenvalue weighted by atomic mass is 10.0. The van der Waals surface area contributed by atoms with E-state index < -0.39 is 12.2 Å². The standard InChI is InChI=1S/C26H33N5O3S2/c1-3-13-29-19-24(32)30-22(12-16-35-2)25(33)28(14-11-21-10-7-15-36-21)18-23(30)31(29)26(34)27-17-20-8-5-4-6-9-20/h1,4-6,8-10,22-23H,7,11-19H2,2H3,(H,27,34)/t22-,23-/m0/s1. The third-order valence-electron chi connectivity index (χ3n) is 6.60. The molecular formula is C26H33N5O3S2. The smallest absolute Gasteiger partial charge is 0.334 e. The first-order valence-electron chi connectivity index (χ1n) is 12.2. The van der Waals surface area contributed by atoms with Crippen LogP contribution in [0.3, 0.4) is 0 Å². The molecule has 0 bridgehead atoms. The summed E-state index contributed by atoms with van der Waals surface area (Å²) < 4.78 is 0. The molecule has 1 aromatic carbocycles. The van der Waals surface area contributed by atoms with E-state index in [1.165, 1.54) is 4.91 Å². The van der Waals surface area contributed by atoms with Gasteiger partial charge in [0.25, 0.3) is 0 Å². The molecule has 0 aromatic heterocycles. The topological polar surface area (TPSA) is 76.2 Å². The normalized spacial score (nSPS) is 22.3. The van der Waals surface area contributed by atoms with E-state index in [1.54, 1.807) is 26.7 Å². The van der Waals surface area contributed by atoms with Gasteiger partial charge in [-0.1, -0.05) is 42.3 Å². The monoisotopic (exact) mass is 527 g/mol. The molecule has 0 radical (unpaired) electrons. The molecule has 0 aliphatic carbocycles. The number of nitrogens with zero attached hydrogens (tertiary/aromatic N) is 4. The molecule has 1 aromatic rings. The van der Waals surface area contributed by atoms with Crippen LogP contribution in [0.15, 0.2) is 41.3 Å². The molecule has 10 heteroatoms. The lowest BCUT2D eigenvalue weighted by Crippen LogP contribution is -2.76. The van der Waals surface area contributed by atoms with Gasteiger partial charge in [-0.15, -0.1) is 18.2 Å². The van der Waals surface area contributed by atoms with Crippen LogP contribution in [-0.4, -0.2) is 93.8 Å². The third kappa shape index (κ3) is 6.02. The highest BCUT2D eigenvalue weighted by Crippen LogP contribution is 2.31. The van der Waals surface area contributed by atoms with E-state index in [9.17, 15) is 14.4 Å². The van der Waals surface area contributed by atoms with Crippen molar-refractivity contribution in [2.45, 2.75) is 38.0 Å². The Morgan fingerprint density at radius 1 is 1.28 bits per heavy atom. The number of fused-ring (bicyclic) bond motifs is 1. The fourth-order valence-electron chi connectivity index (χ4n) is 4.89. The number of benzene rings is 1. The van der Waals surface area contributed by atoms with Gasteiger partial charge >= 0.3 is 6.03 Å².